The Bertz CT molecular complexity index is 545. The number of likely N-dealkylation sites (tertiary alicyclic amines) is 1. The van der Waals surface area contributed by atoms with Gasteiger partial charge in [0, 0.05) is 19.6 Å². The van der Waals surface area contributed by atoms with Gasteiger partial charge < -0.3 is 16.0 Å². The van der Waals surface area contributed by atoms with Crippen LogP contribution in [0.3, 0.4) is 0 Å². The summed E-state index contributed by atoms with van der Waals surface area (Å²) in [6, 6.07) is 9.93. The zero-order valence-electron chi connectivity index (χ0n) is 14.7. The van der Waals surface area contributed by atoms with Crippen LogP contribution in [0.5, 0.6) is 0 Å². The fourth-order valence-corrected chi connectivity index (χ4v) is 3.23. The van der Waals surface area contributed by atoms with E-state index in [0.717, 1.165) is 19.3 Å². The maximum absolute atomic E-state index is 12.5. The second kappa shape index (κ2) is 8.71. The van der Waals surface area contributed by atoms with E-state index in [1.54, 1.807) is 4.90 Å². The number of carbonyl (C=O) groups is 2. The number of urea groups is 1. The predicted molar refractivity (Wildman–Crippen MR) is 95.4 cm³/mol. The first kappa shape index (κ1) is 18.3. The van der Waals surface area contributed by atoms with Crippen molar-refractivity contribution in [2.45, 2.75) is 33.1 Å². The summed E-state index contributed by atoms with van der Waals surface area (Å²) in [4.78, 5) is 25.3. The van der Waals surface area contributed by atoms with Crippen LogP contribution in [0.2, 0.25) is 0 Å². The van der Waals surface area contributed by atoms with Crippen molar-refractivity contribution in [1.82, 2.24) is 10.2 Å². The Kier molecular flexibility index (Phi) is 6.64. The average Bonchev–Trinajstić information content (AvgIpc) is 2.59. The first-order valence-electron chi connectivity index (χ1n) is 8.83. The van der Waals surface area contributed by atoms with Gasteiger partial charge in [-0.25, -0.2) is 4.79 Å². The summed E-state index contributed by atoms with van der Waals surface area (Å²) in [7, 11) is 0. The number of nitrogens with one attached hydrogen (secondary N) is 1. The molecule has 2 atom stereocenters. The molecular weight excluding hydrogens is 302 g/mol. The lowest BCUT2D eigenvalue weighted by atomic mass is 9.88. The molecular formula is C19H29N3O2. The van der Waals surface area contributed by atoms with Crippen LogP contribution in [0.15, 0.2) is 30.3 Å². The number of primary amides is 1. The number of nitrogens with zero attached hydrogens (tertiary/aromatic N) is 1. The molecule has 0 spiro atoms. The maximum Gasteiger partial charge on any atom is 0.314 e. The van der Waals surface area contributed by atoms with E-state index in [-0.39, 0.29) is 11.8 Å². The highest BCUT2D eigenvalue weighted by atomic mass is 16.2. The first-order valence-corrected chi connectivity index (χ1v) is 8.83. The monoisotopic (exact) mass is 331 g/mol. The predicted octanol–water partition coefficient (Wildman–Crippen LogP) is 2.41. The fourth-order valence-electron chi connectivity index (χ4n) is 3.23. The number of nitrogens with two attached hydrogens (primary N) is 1. The summed E-state index contributed by atoms with van der Waals surface area (Å²) in [5, 5.41) is 3.10. The lowest BCUT2D eigenvalue weighted by molar-refractivity contribution is -0.126. The molecule has 1 aliphatic rings. The highest BCUT2D eigenvalue weighted by Crippen LogP contribution is 2.19. The number of benzene rings is 1. The van der Waals surface area contributed by atoms with E-state index in [0.29, 0.717) is 31.5 Å². The molecule has 0 saturated carbocycles. The molecule has 2 rings (SSSR count). The summed E-state index contributed by atoms with van der Waals surface area (Å²) in [6.45, 7) is 6.14. The highest BCUT2D eigenvalue weighted by Gasteiger charge is 2.28. The highest BCUT2D eigenvalue weighted by molar-refractivity contribution is 5.80. The number of hydrogen-bond acceptors (Lipinski definition) is 2. The molecule has 2 unspecified atom stereocenters. The lowest BCUT2D eigenvalue weighted by Gasteiger charge is -2.31. The molecule has 0 aromatic heterocycles. The third-order valence-corrected chi connectivity index (χ3v) is 4.93. The third kappa shape index (κ3) is 5.25. The van der Waals surface area contributed by atoms with Crippen molar-refractivity contribution < 1.29 is 9.59 Å². The minimum Gasteiger partial charge on any atom is -0.356 e. The molecule has 1 heterocycles. The SMILES string of the molecule is CC(C)C(CNC(=O)C1CCCN(C(N)=O)C1)Cc1ccccc1. The van der Waals surface area contributed by atoms with E-state index in [9.17, 15) is 9.59 Å². The molecule has 24 heavy (non-hydrogen) atoms. The van der Waals surface area contributed by atoms with Crippen molar-refractivity contribution >= 4 is 11.9 Å². The maximum atomic E-state index is 12.5. The molecule has 0 aliphatic carbocycles. The Morgan fingerprint density at radius 3 is 2.62 bits per heavy atom. The number of carbonyl (C=O) groups excluding carboxylic acids is 2. The number of rotatable bonds is 6. The van der Waals surface area contributed by atoms with Crippen molar-refractivity contribution in [3.63, 3.8) is 0 Å². The van der Waals surface area contributed by atoms with Crippen LogP contribution < -0.4 is 11.1 Å². The smallest absolute Gasteiger partial charge is 0.314 e. The summed E-state index contributed by atoms with van der Waals surface area (Å²) >= 11 is 0. The van der Waals surface area contributed by atoms with Gasteiger partial charge >= 0.3 is 6.03 Å². The molecule has 0 bridgehead atoms. The van der Waals surface area contributed by atoms with E-state index < -0.39 is 6.03 Å². The van der Waals surface area contributed by atoms with Crippen LogP contribution in [-0.2, 0) is 11.2 Å². The fraction of sp³-hybridized carbons (Fsp3) is 0.579. The summed E-state index contributed by atoms with van der Waals surface area (Å²) in [5.74, 6) is 0.779. The van der Waals surface area contributed by atoms with Gasteiger partial charge in [-0.2, -0.15) is 0 Å². The van der Waals surface area contributed by atoms with Crippen LogP contribution in [0, 0.1) is 17.8 Å². The Hall–Kier alpha value is -2.04. The molecule has 1 fully saturated rings. The summed E-state index contributed by atoms with van der Waals surface area (Å²) in [5.41, 5.74) is 6.63. The lowest BCUT2D eigenvalue weighted by Crippen LogP contribution is -2.48. The van der Waals surface area contributed by atoms with Gasteiger partial charge in [-0.05, 0) is 36.7 Å². The quantitative estimate of drug-likeness (QED) is 0.840. The van der Waals surface area contributed by atoms with Crippen LogP contribution >= 0.6 is 0 Å². The molecule has 1 aromatic rings. The van der Waals surface area contributed by atoms with E-state index >= 15 is 0 Å². The normalized spacial score (nSPS) is 19.1. The molecule has 1 aromatic carbocycles. The van der Waals surface area contributed by atoms with Gasteiger partial charge in [0.05, 0.1) is 5.92 Å². The number of amides is 3. The second-order valence-electron chi connectivity index (χ2n) is 7.06. The van der Waals surface area contributed by atoms with Crippen molar-refractivity contribution in [3.05, 3.63) is 35.9 Å². The topological polar surface area (TPSA) is 75.4 Å². The Morgan fingerprint density at radius 1 is 1.29 bits per heavy atom. The molecule has 132 valence electrons. The largest absolute Gasteiger partial charge is 0.356 e. The van der Waals surface area contributed by atoms with E-state index in [4.69, 9.17) is 5.73 Å². The zero-order chi connectivity index (χ0) is 17.5. The van der Waals surface area contributed by atoms with Crippen molar-refractivity contribution in [2.75, 3.05) is 19.6 Å². The molecule has 5 nitrogen and oxygen atoms in total. The zero-order valence-corrected chi connectivity index (χ0v) is 14.7. The van der Waals surface area contributed by atoms with Crippen molar-refractivity contribution in [2.24, 2.45) is 23.5 Å². The number of hydrogen-bond donors (Lipinski definition) is 2. The van der Waals surface area contributed by atoms with Gasteiger partial charge in [0.2, 0.25) is 5.91 Å². The van der Waals surface area contributed by atoms with Crippen LogP contribution in [0.25, 0.3) is 0 Å². The average molecular weight is 331 g/mol. The van der Waals surface area contributed by atoms with Crippen LogP contribution in [0.4, 0.5) is 4.79 Å². The van der Waals surface area contributed by atoms with E-state index in [1.807, 2.05) is 18.2 Å². The van der Waals surface area contributed by atoms with Gasteiger partial charge in [0.15, 0.2) is 0 Å². The van der Waals surface area contributed by atoms with Gasteiger partial charge in [-0.15, -0.1) is 0 Å². The molecule has 3 N–H and O–H groups in total. The molecule has 3 amide bonds. The summed E-state index contributed by atoms with van der Waals surface area (Å²) < 4.78 is 0. The Labute approximate surface area is 144 Å². The second-order valence-corrected chi connectivity index (χ2v) is 7.06. The summed E-state index contributed by atoms with van der Waals surface area (Å²) in [6.07, 6.45) is 2.61. The van der Waals surface area contributed by atoms with Crippen LogP contribution in [0.1, 0.15) is 32.3 Å². The van der Waals surface area contributed by atoms with Crippen molar-refractivity contribution in [1.29, 1.82) is 0 Å². The molecule has 1 aliphatic heterocycles. The van der Waals surface area contributed by atoms with Crippen molar-refractivity contribution in [3.8, 4) is 0 Å². The molecule has 5 heteroatoms. The van der Waals surface area contributed by atoms with E-state index in [1.165, 1.54) is 5.56 Å². The third-order valence-electron chi connectivity index (χ3n) is 4.93. The van der Waals surface area contributed by atoms with Gasteiger partial charge in [0.25, 0.3) is 0 Å². The van der Waals surface area contributed by atoms with E-state index in [2.05, 4.69) is 31.3 Å². The number of piperidine rings is 1. The minimum absolute atomic E-state index is 0.0414. The van der Waals surface area contributed by atoms with Gasteiger partial charge in [-0.3, -0.25) is 4.79 Å². The minimum atomic E-state index is -0.434. The van der Waals surface area contributed by atoms with Gasteiger partial charge in [0.1, 0.15) is 0 Å². The van der Waals surface area contributed by atoms with Gasteiger partial charge in [-0.1, -0.05) is 44.2 Å². The molecule has 0 radical (unpaired) electrons. The van der Waals surface area contributed by atoms with Crippen LogP contribution in [-0.4, -0.2) is 36.5 Å². The standard InChI is InChI=1S/C19H29N3O2/c1-14(2)17(11-15-7-4-3-5-8-15)12-21-18(23)16-9-6-10-22(13-16)19(20)24/h3-5,7-8,14,16-17H,6,9-13H2,1-2H3,(H2,20,24)(H,21,23). The Morgan fingerprint density at radius 2 is 2.00 bits per heavy atom. The first-order chi connectivity index (χ1) is 11.5. The Balaban J connectivity index is 1.87. The molecule has 1 saturated heterocycles.